The molecule has 24 heavy (non-hydrogen) atoms. The van der Waals surface area contributed by atoms with Gasteiger partial charge in [0.2, 0.25) is 0 Å². The van der Waals surface area contributed by atoms with Gasteiger partial charge in [-0.15, -0.1) is 0 Å². The maximum atomic E-state index is 11.7. The minimum absolute atomic E-state index is 0.322. The molecule has 6 heteroatoms. The zero-order chi connectivity index (χ0) is 16.9. The predicted octanol–water partition coefficient (Wildman–Crippen LogP) is 1.28. The Morgan fingerprint density at radius 2 is 1.75 bits per heavy atom. The van der Waals surface area contributed by atoms with Crippen LogP contribution in [-0.2, 0) is 13.1 Å². The first-order valence-electron chi connectivity index (χ1n) is 7.83. The molecule has 0 bridgehead atoms. The summed E-state index contributed by atoms with van der Waals surface area (Å²) >= 11 is 0. The van der Waals surface area contributed by atoms with Crippen LogP contribution in [0.2, 0.25) is 0 Å². The second kappa shape index (κ2) is 7.04. The molecule has 0 aliphatic heterocycles. The van der Waals surface area contributed by atoms with Gasteiger partial charge in [-0.05, 0) is 30.2 Å². The maximum Gasteiger partial charge on any atom is 0.328 e. The molecule has 6 nitrogen and oxygen atoms in total. The summed E-state index contributed by atoms with van der Waals surface area (Å²) in [4.78, 5) is 29.4. The molecule has 1 N–H and O–H groups in total. The van der Waals surface area contributed by atoms with Gasteiger partial charge in [0.25, 0.3) is 5.56 Å². The first kappa shape index (κ1) is 15.9. The highest BCUT2D eigenvalue weighted by Gasteiger charge is 2.05. The number of H-pyrrole nitrogens is 1. The minimum Gasteiger partial charge on any atom is -0.300 e. The number of rotatable bonds is 5. The SMILES string of the molecule is Cc1cn(CCC[n+]2ccc(-c3ccncc3)cc2)c(=O)[nH]c1=O. The number of aromatic nitrogens is 4. The predicted molar refractivity (Wildman–Crippen MR) is 90.5 cm³/mol. The number of aromatic amines is 1. The Labute approximate surface area is 139 Å². The average Bonchev–Trinajstić information content (AvgIpc) is 2.61. The molecule has 0 aliphatic carbocycles. The number of nitrogens with one attached hydrogen (secondary N) is 1. The van der Waals surface area contributed by atoms with Crippen LogP contribution in [0.1, 0.15) is 12.0 Å². The third kappa shape index (κ3) is 3.65. The number of pyridine rings is 2. The molecule has 0 aromatic carbocycles. The lowest BCUT2D eigenvalue weighted by atomic mass is 10.1. The molecule has 122 valence electrons. The van der Waals surface area contributed by atoms with E-state index in [1.807, 2.05) is 24.5 Å². The zero-order valence-electron chi connectivity index (χ0n) is 13.5. The van der Waals surface area contributed by atoms with E-state index in [1.165, 1.54) is 0 Å². The van der Waals surface area contributed by atoms with E-state index in [2.05, 4.69) is 26.7 Å². The van der Waals surface area contributed by atoms with Crippen molar-refractivity contribution in [3.05, 3.63) is 81.7 Å². The zero-order valence-corrected chi connectivity index (χ0v) is 13.5. The van der Waals surface area contributed by atoms with Crippen molar-refractivity contribution in [2.45, 2.75) is 26.4 Å². The molecule has 0 atom stereocenters. The third-order valence-electron chi connectivity index (χ3n) is 3.91. The van der Waals surface area contributed by atoms with Crippen LogP contribution in [0.3, 0.4) is 0 Å². The van der Waals surface area contributed by atoms with E-state index in [0.29, 0.717) is 12.1 Å². The van der Waals surface area contributed by atoms with Crippen molar-refractivity contribution in [3.8, 4) is 11.1 Å². The third-order valence-corrected chi connectivity index (χ3v) is 3.91. The first-order valence-corrected chi connectivity index (χ1v) is 7.83. The van der Waals surface area contributed by atoms with E-state index in [9.17, 15) is 9.59 Å². The topological polar surface area (TPSA) is 71.6 Å². The Morgan fingerprint density at radius 3 is 2.46 bits per heavy atom. The molecule has 3 rings (SSSR count). The molecule has 0 spiro atoms. The maximum absolute atomic E-state index is 11.7. The summed E-state index contributed by atoms with van der Waals surface area (Å²) < 4.78 is 3.62. The van der Waals surface area contributed by atoms with Gasteiger partial charge in [-0.2, -0.15) is 0 Å². The summed E-state index contributed by atoms with van der Waals surface area (Å²) in [5, 5.41) is 0. The molecule has 0 aliphatic rings. The summed E-state index contributed by atoms with van der Waals surface area (Å²) in [7, 11) is 0. The largest absolute Gasteiger partial charge is 0.328 e. The molecule has 3 aromatic rings. The first-order chi connectivity index (χ1) is 11.6. The van der Waals surface area contributed by atoms with Gasteiger partial charge in [0.15, 0.2) is 12.4 Å². The standard InChI is InChI=1S/C18H18N4O2/c1-14-13-22(18(24)20-17(14)23)10-2-9-21-11-5-16(6-12-21)15-3-7-19-8-4-15/h3-8,11-13H,2,9-10H2,1H3/p+1. The van der Waals surface area contributed by atoms with Gasteiger partial charge < -0.3 is 4.57 Å². The molecular weight excluding hydrogens is 304 g/mol. The van der Waals surface area contributed by atoms with Gasteiger partial charge in [-0.25, -0.2) is 9.36 Å². The normalized spacial score (nSPS) is 10.7. The molecule has 0 fully saturated rings. The van der Waals surface area contributed by atoms with Crippen molar-refractivity contribution >= 4 is 0 Å². The van der Waals surface area contributed by atoms with Crippen molar-refractivity contribution < 1.29 is 4.57 Å². The lowest BCUT2D eigenvalue weighted by molar-refractivity contribution is -0.697. The second-order valence-electron chi connectivity index (χ2n) is 5.68. The fraction of sp³-hybridized carbons (Fsp3) is 0.222. The molecule has 0 unspecified atom stereocenters. The van der Waals surface area contributed by atoms with Gasteiger partial charge in [-0.1, -0.05) is 0 Å². The van der Waals surface area contributed by atoms with E-state index in [-0.39, 0.29) is 11.2 Å². The van der Waals surface area contributed by atoms with Gasteiger partial charge in [0, 0.05) is 49.3 Å². The highest BCUT2D eigenvalue weighted by molar-refractivity contribution is 5.61. The van der Waals surface area contributed by atoms with E-state index in [4.69, 9.17) is 0 Å². The molecule has 3 heterocycles. The Morgan fingerprint density at radius 1 is 1.08 bits per heavy atom. The molecule has 0 amide bonds. The van der Waals surface area contributed by atoms with E-state index >= 15 is 0 Å². The van der Waals surface area contributed by atoms with Crippen LogP contribution in [-0.4, -0.2) is 14.5 Å². The number of hydrogen-bond acceptors (Lipinski definition) is 3. The summed E-state index contributed by atoms with van der Waals surface area (Å²) in [5.41, 5.74) is 2.14. The molecule has 0 saturated heterocycles. The van der Waals surface area contributed by atoms with E-state index < -0.39 is 0 Å². The van der Waals surface area contributed by atoms with Crippen LogP contribution in [0.15, 0.2) is 64.8 Å². The highest BCUT2D eigenvalue weighted by atomic mass is 16.2. The van der Waals surface area contributed by atoms with Crippen molar-refractivity contribution in [1.29, 1.82) is 0 Å². The number of nitrogens with zero attached hydrogens (tertiary/aromatic N) is 3. The molecule has 0 radical (unpaired) electrons. The van der Waals surface area contributed by atoms with Crippen LogP contribution in [0.25, 0.3) is 11.1 Å². The minimum atomic E-state index is -0.358. The molecule has 0 saturated carbocycles. The molecule has 3 aromatic heterocycles. The fourth-order valence-electron chi connectivity index (χ4n) is 2.55. The van der Waals surface area contributed by atoms with Gasteiger partial charge in [0.1, 0.15) is 6.54 Å². The van der Waals surface area contributed by atoms with Crippen molar-refractivity contribution in [2.75, 3.05) is 0 Å². The molecular formula is C18H19N4O2+. The number of hydrogen-bond donors (Lipinski definition) is 1. The quantitative estimate of drug-likeness (QED) is 0.719. The Balaban J connectivity index is 1.62. The van der Waals surface area contributed by atoms with Crippen LogP contribution in [0.4, 0.5) is 0 Å². The Bertz CT molecular complexity index is 928. The van der Waals surface area contributed by atoms with Crippen molar-refractivity contribution in [3.63, 3.8) is 0 Å². The van der Waals surface area contributed by atoms with E-state index in [1.54, 1.807) is 30.1 Å². The Hall–Kier alpha value is -3.02. The Kier molecular flexibility index (Phi) is 4.65. The van der Waals surface area contributed by atoms with Crippen LogP contribution in [0.5, 0.6) is 0 Å². The fourth-order valence-corrected chi connectivity index (χ4v) is 2.55. The van der Waals surface area contributed by atoms with Crippen LogP contribution in [0, 0.1) is 6.92 Å². The highest BCUT2D eigenvalue weighted by Crippen LogP contribution is 2.15. The van der Waals surface area contributed by atoms with Crippen LogP contribution < -0.4 is 15.8 Å². The smallest absolute Gasteiger partial charge is 0.300 e. The van der Waals surface area contributed by atoms with Crippen molar-refractivity contribution in [1.82, 2.24) is 14.5 Å². The summed E-state index contributed by atoms with van der Waals surface area (Å²) in [6.07, 6.45) is 10.0. The van der Waals surface area contributed by atoms with E-state index in [0.717, 1.165) is 24.1 Å². The average molecular weight is 323 g/mol. The summed E-state index contributed by atoms with van der Waals surface area (Å²) in [6, 6.07) is 8.08. The summed E-state index contributed by atoms with van der Waals surface area (Å²) in [5.74, 6) is 0. The van der Waals surface area contributed by atoms with Gasteiger partial charge in [0.05, 0.1) is 0 Å². The van der Waals surface area contributed by atoms with Crippen LogP contribution >= 0.6 is 0 Å². The monoisotopic (exact) mass is 323 g/mol. The van der Waals surface area contributed by atoms with Crippen molar-refractivity contribution in [2.24, 2.45) is 0 Å². The second-order valence-corrected chi connectivity index (χ2v) is 5.68. The lowest BCUT2D eigenvalue weighted by Gasteiger charge is -2.05. The number of aryl methyl sites for hydroxylation is 3. The van der Waals surface area contributed by atoms with Gasteiger partial charge >= 0.3 is 5.69 Å². The van der Waals surface area contributed by atoms with Gasteiger partial charge in [-0.3, -0.25) is 14.8 Å². The lowest BCUT2D eigenvalue weighted by Crippen LogP contribution is -2.35. The summed E-state index contributed by atoms with van der Waals surface area (Å²) in [6.45, 7) is 3.05.